The Labute approximate surface area is 177 Å². The van der Waals surface area contributed by atoms with Crippen molar-refractivity contribution in [3.8, 4) is 17.0 Å². The number of carboxylic acid groups (broad SMARTS) is 1. The summed E-state index contributed by atoms with van der Waals surface area (Å²) in [7, 11) is 1.54. The lowest BCUT2D eigenvalue weighted by atomic mass is 9.96. The summed E-state index contributed by atoms with van der Waals surface area (Å²) < 4.78 is 5.47. The van der Waals surface area contributed by atoms with E-state index >= 15 is 0 Å². The minimum absolute atomic E-state index is 0.139. The molecule has 2 amide bonds. The van der Waals surface area contributed by atoms with Gasteiger partial charge in [-0.05, 0) is 51.3 Å². The molecule has 0 spiro atoms. The highest BCUT2D eigenvalue weighted by Crippen LogP contribution is 2.31. The molecule has 162 valence electrons. The lowest BCUT2D eigenvalue weighted by Crippen LogP contribution is -2.55. The molecule has 8 heteroatoms. The van der Waals surface area contributed by atoms with E-state index in [0.717, 1.165) is 5.56 Å². The number of nitrogens with one attached hydrogen (secondary N) is 1. The Morgan fingerprint density at radius 1 is 1.23 bits per heavy atom. The molecule has 1 atom stereocenters. The van der Waals surface area contributed by atoms with Gasteiger partial charge in [0, 0.05) is 29.1 Å². The summed E-state index contributed by atoms with van der Waals surface area (Å²) in [6.45, 7) is 9.26. The van der Waals surface area contributed by atoms with Crippen molar-refractivity contribution in [2.75, 3.05) is 12.4 Å². The molecule has 0 saturated heterocycles. The summed E-state index contributed by atoms with van der Waals surface area (Å²) in [5, 5.41) is 12.6. The van der Waals surface area contributed by atoms with Gasteiger partial charge in [-0.3, -0.25) is 9.69 Å². The van der Waals surface area contributed by atoms with E-state index in [9.17, 15) is 14.7 Å². The zero-order valence-corrected chi connectivity index (χ0v) is 18.3. The highest BCUT2D eigenvalue weighted by atomic mass is 16.5. The van der Waals surface area contributed by atoms with Crippen LogP contribution in [0.2, 0.25) is 0 Å². The maximum Gasteiger partial charge on any atom is 0.408 e. The molecule has 0 radical (unpaired) electrons. The average molecular weight is 415 g/mol. The van der Waals surface area contributed by atoms with Crippen molar-refractivity contribution < 1.29 is 19.4 Å². The smallest absolute Gasteiger partial charge is 0.408 e. The van der Waals surface area contributed by atoms with Crippen molar-refractivity contribution >= 4 is 17.7 Å². The molecule has 2 N–H and O–H groups in total. The fourth-order valence-electron chi connectivity index (χ4n) is 3.32. The quantitative estimate of drug-likeness (QED) is 0.700. The Balaban J connectivity index is 2.34. The Kier molecular flexibility index (Phi) is 7.37. The first kappa shape index (κ1) is 23.1. The summed E-state index contributed by atoms with van der Waals surface area (Å²) in [5.74, 6) is 0.301. The molecule has 0 aliphatic rings. The van der Waals surface area contributed by atoms with Gasteiger partial charge in [-0.25, -0.2) is 14.8 Å². The molecule has 30 heavy (non-hydrogen) atoms. The van der Waals surface area contributed by atoms with Gasteiger partial charge in [0.15, 0.2) is 0 Å². The Hall–Kier alpha value is -3.16. The van der Waals surface area contributed by atoms with Gasteiger partial charge >= 0.3 is 6.09 Å². The largest absolute Gasteiger partial charge is 0.496 e. The molecule has 8 nitrogen and oxygen atoms in total. The van der Waals surface area contributed by atoms with Crippen LogP contribution in [0.25, 0.3) is 11.3 Å². The number of nitrogens with zero attached hydrogens (tertiary/aromatic N) is 3. The normalized spacial score (nSPS) is 12.4. The fourth-order valence-corrected chi connectivity index (χ4v) is 3.32. The Morgan fingerprint density at radius 3 is 2.43 bits per heavy atom. The monoisotopic (exact) mass is 414 g/mol. The maximum absolute atomic E-state index is 13.1. The third-order valence-electron chi connectivity index (χ3n) is 4.56. The number of ether oxygens (including phenoxy) is 1. The summed E-state index contributed by atoms with van der Waals surface area (Å²) in [5.41, 5.74) is 1.25. The van der Waals surface area contributed by atoms with Crippen LogP contribution in [0.1, 0.15) is 41.0 Å². The molecule has 0 bridgehead atoms. The van der Waals surface area contributed by atoms with Crippen LogP contribution in [0.4, 0.5) is 10.5 Å². The van der Waals surface area contributed by atoms with E-state index in [0.29, 0.717) is 23.6 Å². The van der Waals surface area contributed by atoms with E-state index in [1.54, 1.807) is 58.3 Å². The molecule has 0 fully saturated rings. The summed E-state index contributed by atoms with van der Waals surface area (Å²) in [6, 6.07) is 6.18. The van der Waals surface area contributed by atoms with Gasteiger partial charge in [-0.1, -0.05) is 13.8 Å². The lowest BCUT2D eigenvalue weighted by molar-refractivity contribution is -0.123. The SMILES string of the molecule is COc1cc(NC(=O)C(CC(C)C)N(C(=O)O)C(C)(C)C)ccc1-c1ccncn1. The first-order valence-corrected chi connectivity index (χ1v) is 9.82. The Bertz CT molecular complexity index is 878. The summed E-state index contributed by atoms with van der Waals surface area (Å²) >= 11 is 0. The second kappa shape index (κ2) is 9.56. The molecule has 2 rings (SSSR count). The van der Waals surface area contributed by atoms with Crippen molar-refractivity contribution in [3.05, 3.63) is 36.8 Å². The van der Waals surface area contributed by atoms with Crippen LogP contribution in [0, 0.1) is 5.92 Å². The van der Waals surface area contributed by atoms with E-state index in [1.165, 1.54) is 11.2 Å². The number of amides is 2. The minimum atomic E-state index is -1.13. The molecular formula is C22H30N4O4. The van der Waals surface area contributed by atoms with Gasteiger partial charge in [0.2, 0.25) is 5.91 Å². The topological polar surface area (TPSA) is 105 Å². The number of carbonyl (C=O) groups excluding carboxylic acids is 1. The van der Waals surface area contributed by atoms with Crippen LogP contribution in [-0.4, -0.2) is 50.7 Å². The first-order chi connectivity index (χ1) is 14.0. The zero-order chi connectivity index (χ0) is 22.5. The molecule has 0 aliphatic carbocycles. The number of benzene rings is 1. The van der Waals surface area contributed by atoms with Crippen LogP contribution in [0.15, 0.2) is 36.8 Å². The van der Waals surface area contributed by atoms with Crippen molar-refractivity contribution in [2.45, 2.75) is 52.6 Å². The third kappa shape index (κ3) is 5.68. The number of hydrogen-bond donors (Lipinski definition) is 2. The highest BCUT2D eigenvalue weighted by Gasteiger charge is 2.37. The van der Waals surface area contributed by atoms with E-state index in [4.69, 9.17) is 4.74 Å². The van der Waals surface area contributed by atoms with Crippen molar-refractivity contribution in [2.24, 2.45) is 5.92 Å². The predicted octanol–water partition coefficient (Wildman–Crippen LogP) is 4.28. The molecule has 1 heterocycles. The van der Waals surface area contributed by atoms with Gasteiger partial charge in [-0.2, -0.15) is 0 Å². The number of carbonyl (C=O) groups is 2. The van der Waals surface area contributed by atoms with Crippen molar-refractivity contribution in [1.29, 1.82) is 0 Å². The molecule has 1 aromatic heterocycles. The third-order valence-corrected chi connectivity index (χ3v) is 4.56. The molecule has 1 aromatic carbocycles. The van der Waals surface area contributed by atoms with E-state index < -0.39 is 17.7 Å². The van der Waals surface area contributed by atoms with Gasteiger partial charge in [0.05, 0.1) is 12.8 Å². The molecule has 0 aliphatic heterocycles. The second-order valence-corrected chi connectivity index (χ2v) is 8.47. The van der Waals surface area contributed by atoms with Crippen LogP contribution in [0.3, 0.4) is 0 Å². The molecule has 0 saturated carbocycles. The summed E-state index contributed by atoms with van der Waals surface area (Å²) in [4.78, 5) is 34.4. The molecule has 2 aromatic rings. The Morgan fingerprint density at radius 2 is 1.93 bits per heavy atom. The van der Waals surface area contributed by atoms with Crippen LogP contribution in [-0.2, 0) is 4.79 Å². The van der Waals surface area contributed by atoms with E-state index in [2.05, 4.69) is 15.3 Å². The minimum Gasteiger partial charge on any atom is -0.496 e. The number of aromatic nitrogens is 2. The van der Waals surface area contributed by atoms with Gasteiger partial charge < -0.3 is 15.2 Å². The lowest BCUT2D eigenvalue weighted by Gasteiger charge is -2.39. The fraction of sp³-hybridized carbons (Fsp3) is 0.455. The summed E-state index contributed by atoms with van der Waals surface area (Å²) in [6.07, 6.45) is 2.38. The second-order valence-electron chi connectivity index (χ2n) is 8.47. The zero-order valence-electron chi connectivity index (χ0n) is 18.3. The van der Waals surface area contributed by atoms with Gasteiger partial charge in [0.25, 0.3) is 0 Å². The van der Waals surface area contributed by atoms with Crippen molar-refractivity contribution in [1.82, 2.24) is 14.9 Å². The first-order valence-electron chi connectivity index (χ1n) is 9.82. The van der Waals surface area contributed by atoms with E-state index in [1.807, 2.05) is 13.8 Å². The standard InChI is InChI=1S/C22H30N4O4/c1-14(2)11-18(26(21(28)29)22(3,4)5)20(27)25-15-7-8-16(19(12-15)30-6)17-9-10-23-13-24-17/h7-10,12-14,18H,11H2,1-6H3,(H,25,27)(H,28,29). The van der Waals surface area contributed by atoms with Crippen molar-refractivity contribution in [3.63, 3.8) is 0 Å². The molecular weight excluding hydrogens is 384 g/mol. The van der Waals surface area contributed by atoms with Crippen LogP contribution in [0.5, 0.6) is 5.75 Å². The molecule has 1 unspecified atom stereocenters. The number of rotatable bonds is 7. The van der Waals surface area contributed by atoms with Crippen LogP contribution >= 0.6 is 0 Å². The van der Waals surface area contributed by atoms with Gasteiger partial charge in [0.1, 0.15) is 18.1 Å². The maximum atomic E-state index is 13.1. The number of anilines is 1. The average Bonchev–Trinajstić information content (AvgIpc) is 2.66. The van der Waals surface area contributed by atoms with E-state index in [-0.39, 0.29) is 11.8 Å². The number of methoxy groups -OCH3 is 1. The number of hydrogen-bond acceptors (Lipinski definition) is 5. The van der Waals surface area contributed by atoms with Crippen LogP contribution < -0.4 is 10.1 Å². The van der Waals surface area contributed by atoms with Gasteiger partial charge in [-0.15, -0.1) is 0 Å². The highest BCUT2D eigenvalue weighted by molar-refractivity contribution is 5.97. The predicted molar refractivity (Wildman–Crippen MR) is 116 cm³/mol.